The average Bonchev–Trinajstić information content (AvgIpc) is 3.76. The minimum atomic E-state index is -0.552. The molecule has 1 aliphatic carbocycles. The van der Waals surface area contributed by atoms with Gasteiger partial charge in [-0.3, -0.25) is 4.79 Å². The number of aliphatic hydroxyl groups is 1. The number of hydrogen-bond donors (Lipinski definition) is 5. The molecule has 5 N–H and O–H groups in total. The van der Waals surface area contributed by atoms with Gasteiger partial charge < -0.3 is 40.0 Å². The van der Waals surface area contributed by atoms with E-state index in [9.17, 15) is 18.3 Å². The summed E-state index contributed by atoms with van der Waals surface area (Å²) in [5.41, 5.74) is 1.04. The van der Waals surface area contributed by atoms with E-state index in [4.69, 9.17) is 24.1 Å². The molecule has 0 aromatic carbocycles. The number of allylic oxidation sites excluding steroid dienone is 2. The zero-order valence-corrected chi connectivity index (χ0v) is 30.2. The lowest BCUT2D eigenvalue weighted by atomic mass is 9.73. The summed E-state index contributed by atoms with van der Waals surface area (Å²) < 4.78 is 37.4. The van der Waals surface area contributed by atoms with Gasteiger partial charge in [0.05, 0.1) is 24.8 Å². The van der Waals surface area contributed by atoms with Crippen molar-refractivity contribution >= 4 is 40.3 Å². The van der Waals surface area contributed by atoms with Gasteiger partial charge in [0.15, 0.2) is 0 Å². The zero-order chi connectivity index (χ0) is 34.5. The first-order valence-electron chi connectivity index (χ1n) is 16.1. The van der Waals surface area contributed by atoms with Crippen molar-refractivity contribution in [1.82, 2.24) is 20.7 Å². The van der Waals surface area contributed by atoms with Crippen LogP contribution in [0.25, 0.3) is 0 Å². The SMILES string of the molecule is CC(C)O.COC1C(OC(=O)N[C@@H](COC(=O)NCCCCCCNC(=O)CNSSF)C(C)C)CCC2(CO2)C1CC=C(C)C. The third-order valence-corrected chi connectivity index (χ3v) is 8.50. The van der Waals surface area contributed by atoms with Crippen LogP contribution in [0.4, 0.5) is 13.5 Å². The summed E-state index contributed by atoms with van der Waals surface area (Å²) in [6.07, 6.45) is 5.92. The summed E-state index contributed by atoms with van der Waals surface area (Å²) in [4.78, 5) is 36.6. The van der Waals surface area contributed by atoms with Gasteiger partial charge in [-0.1, -0.05) is 38.3 Å². The summed E-state index contributed by atoms with van der Waals surface area (Å²) in [6, 6.07) is -0.410. The van der Waals surface area contributed by atoms with Crippen LogP contribution in [0.5, 0.6) is 0 Å². The van der Waals surface area contributed by atoms with Gasteiger partial charge in [-0.25, -0.2) is 14.3 Å². The molecule has 46 heavy (non-hydrogen) atoms. The molecule has 15 heteroatoms. The molecule has 1 saturated heterocycles. The lowest BCUT2D eigenvalue weighted by Crippen LogP contribution is -2.52. The van der Waals surface area contributed by atoms with Gasteiger partial charge in [0.25, 0.3) is 0 Å². The Morgan fingerprint density at radius 3 is 2.24 bits per heavy atom. The molecular weight excluding hydrogens is 639 g/mol. The van der Waals surface area contributed by atoms with E-state index >= 15 is 0 Å². The average molecular weight is 697 g/mol. The Morgan fingerprint density at radius 1 is 1.07 bits per heavy atom. The van der Waals surface area contributed by atoms with Gasteiger partial charge in [0.1, 0.15) is 30.0 Å². The van der Waals surface area contributed by atoms with Gasteiger partial charge in [-0.2, -0.15) is 3.89 Å². The summed E-state index contributed by atoms with van der Waals surface area (Å²) in [5.74, 6) is -0.0547. The maximum atomic E-state index is 12.9. The van der Waals surface area contributed by atoms with Gasteiger partial charge in [0, 0.05) is 43.2 Å². The molecule has 0 radical (unpaired) electrons. The first kappa shape index (κ1) is 42.2. The number of methoxy groups -OCH3 is 1. The summed E-state index contributed by atoms with van der Waals surface area (Å²) >= 11 is 0.0591. The maximum Gasteiger partial charge on any atom is 0.407 e. The number of unbranched alkanes of at least 4 members (excludes halogenated alkanes) is 3. The summed E-state index contributed by atoms with van der Waals surface area (Å²) in [7, 11) is 2.42. The second-order valence-corrected chi connectivity index (χ2v) is 14.0. The fraction of sp³-hybridized carbons (Fsp3) is 0.839. The monoisotopic (exact) mass is 696 g/mol. The number of amides is 3. The van der Waals surface area contributed by atoms with Crippen LogP contribution in [-0.2, 0) is 23.7 Å². The Kier molecular flexibility index (Phi) is 21.6. The third-order valence-electron chi connectivity index (χ3n) is 7.64. The molecular formula is C31H57FN4O8S2. The molecule has 0 aromatic rings. The molecule has 12 nitrogen and oxygen atoms in total. The molecule has 1 heterocycles. The standard InChI is InChI=1S/C28H49FN4O7S2.C3H8O/c1-19(2)10-11-21-25(37-5)23(12-13-28(21)18-39-28)40-27(36)33-22(20(3)4)17-38-26(35)31-15-9-7-6-8-14-30-24(34)16-32-42-41-29;1-3(2)4/h10,20-23,25,32H,6-9,11-18H2,1-5H3,(H,30,34)(H,31,35)(H,33,36);3-4H,1-2H3/t21?,22-,23?,25?,28?;/m0./s1. The number of rotatable bonds is 19. The van der Waals surface area contributed by atoms with Crippen LogP contribution in [0, 0.1) is 11.8 Å². The lowest BCUT2D eigenvalue weighted by Gasteiger charge is -2.40. The molecule has 0 bridgehead atoms. The topological polar surface area (TPSA) is 160 Å². The maximum absolute atomic E-state index is 12.9. The Balaban J connectivity index is 0.00000249. The van der Waals surface area contributed by atoms with E-state index in [1.54, 1.807) is 21.0 Å². The molecule has 5 atom stereocenters. The van der Waals surface area contributed by atoms with Crippen LogP contribution >= 0.6 is 22.2 Å². The molecule has 2 rings (SSSR count). The first-order chi connectivity index (χ1) is 21.8. The molecule has 1 saturated carbocycles. The molecule has 1 spiro atoms. The Bertz CT molecular complexity index is 920. The molecule has 268 valence electrons. The number of carbonyl (C=O) groups is 3. The number of aliphatic hydroxyl groups excluding tert-OH is 1. The van der Waals surface area contributed by atoms with E-state index in [0.29, 0.717) is 26.1 Å². The van der Waals surface area contributed by atoms with E-state index in [-0.39, 0.29) is 59.9 Å². The predicted octanol–water partition coefficient (Wildman–Crippen LogP) is 5.22. The molecule has 2 aliphatic rings. The predicted molar refractivity (Wildman–Crippen MR) is 181 cm³/mol. The number of epoxide rings is 1. The Labute approximate surface area is 282 Å². The number of nitrogens with one attached hydrogen (secondary N) is 4. The van der Waals surface area contributed by atoms with E-state index < -0.39 is 24.3 Å². The Morgan fingerprint density at radius 2 is 1.70 bits per heavy atom. The highest BCUT2D eigenvalue weighted by Crippen LogP contribution is 2.49. The summed E-state index contributed by atoms with van der Waals surface area (Å²) in [6.45, 7) is 13.3. The van der Waals surface area contributed by atoms with Crippen LogP contribution in [0.15, 0.2) is 11.6 Å². The van der Waals surface area contributed by atoms with Crippen molar-refractivity contribution in [3.8, 4) is 0 Å². The van der Waals surface area contributed by atoms with Gasteiger partial charge >= 0.3 is 12.2 Å². The third kappa shape index (κ3) is 17.9. The second-order valence-electron chi connectivity index (χ2n) is 12.5. The van der Waals surface area contributed by atoms with Crippen molar-refractivity contribution in [2.24, 2.45) is 11.8 Å². The van der Waals surface area contributed by atoms with Gasteiger partial charge in [-0.05, 0) is 65.7 Å². The molecule has 2 fully saturated rings. The normalized spacial score (nSPS) is 22.4. The van der Waals surface area contributed by atoms with Crippen molar-refractivity contribution in [1.29, 1.82) is 0 Å². The van der Waals surface area contributed by atoms with Crippen LogP contribution < -0.4 is 20.7 Å². The smallest absolute Gasteiger partial charge is 0.407 e. The van der Waals surface area contributed by atoms with Crippen molar-refractivity contribution in [3.63, 3.8) is 0 Å². The lowest BCUT2D eigenvalue weighted by molar-refractivity contribution is -0.119. The second kappa shape index (κ2) is 23.5. The number of alkyl carbamates (subject to hydrolysis) is 2. The zero-order valence-electron chi connectivity index (χ0n) is 28.5. The molecule has 3 amide bonds. The van der Waals surface area contributed by atoms with E-state index in [1.165, 1.54) is 5.57 Å². The number of ether oxygens (including phenoxy) is 4. The van der Waals surface area contributed by atoms with E-state index in [1.807, 2.05) is 13.8 Å². The van der Waals surface area contributed by atoms with E-state index in [0.717, 1.165) is 49.5 Å². The van der Waals surface area contributed by atoms with Crippen LogP contribution in [0.3, 0.4) is 0 Å². The quantitative estimate of drug-likeness (QED) is 0.0396. The molecule has 0 aromatic heterocycles. The highest BCUT2D eigenvalue weighted by atomic mass is 33.1. The van der Waals surface area contributed by atoms with Gasteiger partial charge in [-0.15, -0.1) is 0 Å². The molecule has 4 unspecified atom stereocenters. The van der Waals surface area contributed by atoms with Gasteiger partial charge in [0.2, 0.25) is 5.91 Å². The van der Waals surface area contributed by atoms with Crippen LogP contribution in [0.1, 0.15) is 86.5 Å². The largest absolute Gasteiger partial charge is 0.447 e. The number of hydrogen-bond acceptors (Lipinski definition) is 11. The van der Waals surface area contributed by atoms with Crippen LogP contribution in [-0.4, -0.2) is 93.1 Å². The minimum Gasteiger partial charge on any atom is -0.447 e. The first-order valence-corrected chi connectivity index (χ1v) is 18.2. The van der Waals surface area contributed by atoms with Crippen molar-refractivity contribution in [3.05, 3.63) is 11.6 Å². The van der Waals surface area contributed by atoms with Crippen molar-refractivity contribution in [2.45, 2.75) is 116 Å². The fourth-order valence-electron chi connectivity index (χ4n) is 5.04. The highest BCUT2D eigenvalue weighted by Gasteiger charge is 2.58. The van der Waals surface area contributed by atoms with E-state index in [2.05, 4.69) is 40.6 Å². The molecule has 1 aliphatic heterocycles. The van der Waals surface area contributed by atoms with Crippen molar-refractivity contribution < 1.29 is 42.3 Å². The fourth-order valence-corrected chi connectivity index (χ4v) is 5.59. The minimum absolute atomic E-state index is 0.0149. The Hall–Kier alpha value is -1.78. The van der Waals surface area contributed by atoms with Crippen molar-refractivity contribution in [2.75, 3.05) is 40.0 Å². The van der Waals surface area contributed by atoms with Crippen LogP contribution in [0.2, 0.25) is 0 Å². The highest BCUT2D eigenvalue weighted by molar-refractivity contribution is 8.74. The number of halogens is 1. The number of carbonyl (C=O) groups excluding carboxylic acids is 3. The summed E-state index contributed by atoms with van der Waals surface area (Å²) in [5, 5.41) is 16.4.